The minimum absolute atomic E-state index is 0.309. The maximum absolute atomic E-state index is 5.19. The largest absolute Gasteiger partial charge is 0.468 e. The van der Waals surface area contributed by atoms with Gasteiger partial charge in [0.1, 0.15) is 5.75 Å². The van der Waals surface area contributed by atoms with Crippen molar-refractivity contribution in [2.24, 2.45) is 0 Å². The van der Waals surface area contributed by atoms with Crippen LogP contribution in [0, 0.1) is 6.92 Å². The van der Waals surface area contributed by atoms with E-state index in [2.05, 4.69) is 4.74 Å². The highest BCUT2D eigenvalue weighted by Crippen LogP contribution is 2.10. The molecule has 0 amide bonds. The third-order valence-corrected chi connectivity index (χ3v) is 1.65. The molecule has 86 valence electrons. The molecule has 0 aliphatic heterocycles. The number of hydrogen-bond acceptors (Lipinski definition) is 3. The van der Waals surface area contributed by atoms with Crippen molar-refractivity contribution in [1.29, 1.82) is 0 Å². The van der Waals surface area contributed by atoms with Gasteiger partial charge in [-0.1, -0.05) is 17.7 Å². The minimum atomic E-state index is 0.309. The van der Waals surface area contributed by atoms with Crippen LogP contribution in [0.3, 0.4) is 0 Å². The van der Waals surface area contributed by atoms with Gasteiger partial charge in [0.25, 0.3) is 0 Å². The Kier molecular flexibility index (Phi) is 8.82. The van der Waals surface area contributed by atoms with E-state index in [-0.39, 0.29) is 0 Å². The first-order chi connectivity index (χ1) is 7.24. The summed E-state index contributed by atoms with van der Waals surface area (Å²) in [7, 11) is 3.29. The van der Waals surface area contributed by atoms with Crippen molar-refractivity contribution < 1.29 is 14.2 Å². The fourth-order valence-electron chi connectivity index (χ4n) is 0.761. The van der Waals surface area contributed by atoms with Gasteiger partial charge in [-0.3, -0.25) is 0 Å². The summed E-state index contributed by atoms with van der Waals surface area (Å²) in [6, 6.07) is 7.86. The average Bonchev–Trinajstić information content (AvgIpc) is 2.29. The second kappa shape index (κ2) is 9.49. The zero-order valence-corrected chi connectivity index (χ0v) is 9.95. The van der Waals surface area contributed by atoms with E-state index in [1.165, 1.54) is 5.56 Å². The normalized spacial score (nSPS) is 9.07. The maximum Gasteiger partial charge on any atom is 0.188 e. The number of benzene rings is 1. The van der Waals surface area contributed by atoms with Crippen LogP contribution in [-0.4, -0.2) is 27.6 Å². The van der Waals surface area contributed by atoms with Gasteiger partial charge in [-0.05, 0) is 26.0 Å². The van der Waals surface area contributed by atoms with Gasteiger partial charge in [0.15, 0.2) is 6.79 Å². The second-order valence-electron chi connectivity index (χ2n) is 2.94. The molecule has 0 aliphatic carbocycles. The number of methoxy groups -OCH3 is 2. The average molecular weight is 212 g/mol. The molecule has 0 saturated carbocycles. The molecule has 0 bridgehead atoms. The predicted octanol–water partition coefficient (Wildman–Crippen LogP) is 2.63. The molecule has 15 heavy (non-hydrogen) atoms. The lowest BCUT2D eigenvalue weighted by molar-refractivity contribution is 0.0511. The molecule has 0 saturated heterocycles. The lowest BCUT2D eigenvalue weighted by atomic mass is 10.2. The minimum Gasteiger partial charge on any atom is -0.468 e. The summed E-state index contributed by atoms with van der Waals surface area (Å²) in [6.45, 7) is 5.13. The molecule has 0 fully saturated rings. The monoisotopic (exact) mass is 212 g/mol. The van der Waals surface area contributed by atoms with Crippen LogP contribution in [0.25, 0.3) is 0 Å². The van der Waals surface area contributed by atoms with Crippen molar-refractivity contribution in [3.8, 4) is 5.75 Å². The lowest BCUT2D eigenvalue weighted by Crippen LogP contribution is -1.98. The molecule has 3 heteroatoms. The lowest BCUT2D eigenvalue weighted by Gasteiger charge is -2.03. The molecule has 0 atom stereocenters. The number of ether oxygens (including phenoxy) is 3. The maximum atomic E-state index is 5.19. The molecule has 0 radical (unpaired) electrons. The first kappa shape index (κ1) is 13.9. The Hall–Kier alpha value is -1.06. The van der Waals surface area contributed by atoms with Crippen LogP contribution in [0.2, 0.25) is 0 Å². The van der Waals surface area contributed by atoms with Gasteiger partial charge >= 0.3 is 0 Å². The smallest absolute Gasteiger partial charge is 0.188 e. The van der Waals surface area contributed by atoms with Crippen LogP contribution in [0.15, 0.2) is 24.3 Å². The van der Waals surface area contributed by atoms with Gasteiger partial charge in [-0.15, -0.1) is 0 Å². The van der Waals surface area contributed by atoms with Crippen molar-refractivity contribution in [2.75, 3.05) is 27.6 Å². The molecule has 1 aromatic rings. The Labute approximate surface area is 92.0 Å². The number of hydrogen-bond donors (Lipinski definition) is 0. The molecule has 3 nitrogen and oxygen atoms in total. The first-order valence-electron chi connectivity index (χ1n) is 4.92. The molecular weight excluding hydrogens is 192 g/mol. The van der Waals surface area contributed by atoms with E-state index >= 15 is 0 Å². The molecule has 1 aromatic carbocycles. The number of rotatable bonds is 4. The summed E-state index contributed by atoms with van der Waals surface area (Å²) in [5, 5.41) is 0. The summed E-state index contributed by atoms with van der Waals surface area (Å²) < 4.78 is 14.5. The third-order valence-electron chi connectivity index (χ3n) is 1.65. The Bertz CT molecular complexity index is 229. The van der Waals surface area contributed by atoms with E-state index in [1.807, 2.05) is 38.1 Å². The Balaban J connectivity index is 0.000000423. The third kappa shape index (κ3) is 7.97. The van der Waals surface area contributed by atoms with Gasteiger partial charge in [0, 0.05) is 20.8 Å². The van der Waals surface area contributed by atoms with E-state index < -0.39 is 0 Å². The predicted molar refractivity (Wildman–Crippen MR) is 61.2 cm³/mol. The van der Waals surface area contributed by atoms with Gasteiger partial charge in [-0.25, -0.2) is 0 Å². The topological polar surface area (TPSA) is 27.7 Å². The first-order valence-corrected chi connectivity index (χ1v) is 4.92. The van der Waals surface area contributed by atoms with Crippen LogP contribution in [0.4, 0.5) is 0 Å². The van der Waals surface area contributed by atoms with Gasteiger partial charge in [0.2, 0.25) is 0 Å². The quantitative estimate of drug-likeness (QED) is 0.718. The molecular formula is C12H20O3. The SMILES string of the molecule is CCOC.COCOc1ccc(C)cc1. The van der Waals surface area contributed by atoms with E-state index in [4.69, 9.17) is 9.47 Å². The van der Waals surface area contributed by atoms with Crippen molar-refractivity contribution in [3.05, 3.63) is 29.8 Å². The highest BCUT2D eigenvalue weighted by molar-refractivity contribution is 5.26. The van der Waals surface area contributed by atoms with Crippen molar-refractivity contribution in [1.82, 2.24) is 0 Å². The summed E-state index contributed by atoms with van der Waals surface area (Å²) in [5.41, 5.74) is 1.23. The van der Waals surface area contributed by atoms with E-state index in [1.54, 1.807) is 14.2 Å². The Morgan fingerprint density at radius 3 is 1.93 bits per heavy atom. The van der Waals surface area contributed by atoms with Crippen LogP contribution >= 0.6 is 0 Å². The fraction of sp³-hybridized carbons (Fsp3) is 0.500. The highest BCUT2D eigenvalue weighted by atomic mass is 16.7. The van der Waals surface area contributed by atoms with Crippen molar-refractivity contribution in [2.45, 2.75) is 13.8 Å². The standard InChI is InChI=1S/C9H12O2.C3H8O/c1-8-3-5-9(6-4-8)11-7-10-2;1-3-4-2/h3-6H,7H2,1-2H3;3H2,1-2H3. The van der Waals surface area contributed by atoms with E-state index in [0.717, 1.165) is 12.4 Å². The van der Waals surface area contributed by atoms with Crippen LogP contribution < -0.4 is 4.74 Å². The highest BCUT2D eigenvalue weighted by Gasteiger charge is 1.89. The number of aryl methyl sites for hydroxylation is 1. The summed E-state index contributed by atoms with van der Waals surface area (Å²) in [6.07, 6.45) is 0. The molecule has 0 unspecified atom stereocenters. The van der Waals surface area contributed by atoms with E-state index in [9.17, 15) is 0 Å². The Morgan fingerprint density at radius 2 is 1.53 bits per heavy atom. The van der Waals surface area contributed by atoms with Gasteiger partial charge in [-0.2, -0.15) is 0 Å². The van der Waals surface area contributed by atoms with Crippen molar-refractivity contribution >= 4 is 0 Å². The molecule has 0 spiro atoms. The van der Waals surface area contributed by atoms with Crippen molar-refractivity contribution in [3.63, 3.8) is 0 Å². The molecule has 0 aromatic heterocycles. The molecule has 0 N–H and O–H groups in total. The summed E-state index contributed by atoms with van der Waals surface area (Å²) in [5.74, 6) is 0.845. The van der Waals surface area contributed by atoms with Crippen LogP contribution in [0.1, 0.15) is 12.5 Å². The summed E-state index contributed by atoms with van der Waals surface area (Å²) >= 11 is 0. The Morgan fingerprint density at radius 1 is 1.00 bits per heavy atom. The van der Waals surface area contributed by atoms with Gasteiger partial charge < -0.3 is 14.2 Å². The van der Waals surface area contributed by atoms with Gasteiger partial charge in [0.05, 0.1) is 0 Å². The second-order valence-corrected chi connectivity index (χ2v) is 2.94. The van der Waals surface area contributed by atoms with Crippen LogP contribution in [0.5, 0.6) is 5.75 Å². The van der Waals surface area contributed by atoms with E-state index in [0.29, 0.717) is 6.79 Å². The van der Waals surface area contributed by atoms with Crippen LogP contribution in [-0.2, 0) is 9.47 Å². The zero-order valence-electron chi connectivity index (χ0n) is 9.95. The zero-order chi connectivity index (χ0) is 11.5. The molecule has 1 rings (SSSR count). The molecule has 0 heterocycles. The molecule has 0 aliphatic rings. The fourth-order valence-corrected chi connectivity index (χ4v) is 0.761. The summed E-state index contributed by atoms with van der Waals surface area (Å²) in [4.78, 5) is 0.